The summed E-state index contributed by atoms with van der Waals surface area (Å²) in [5.74, 6) is -6.06. The smallest absolute Gasteiger partial charge is 0.348 e. The van der Waals surface area contributed by atoms with E-state index in [-0.39, 0.29) is 60.9 Å². The van der Waals surface area contributed by atoms with Gasteiger partial charge in [0, 0.05) is 50.7 Å². The molecule has 3 N–H and O–H groups in total. The van der Waals surface area contributed by atoms with E-state index in [1.54, 1.807) is 0 Å². The molecule has 1 saturated carbocycles. The van der Waals surface area contributed by atoms with E-state index in [2.05, 4.69) is 15.2 Å². The third-order valence-electron chi connectivity index (χ3n) is 7.74. The third-order valence-corrected chi connectivity index (χ3v) is 7.74. The van der Waals surface area contributed by atoms with Crippen LogP contribution < -0.4 is 11.1 Å². The number of nitrogens with two attached hydrogens (primary N) is 1. The first-order valence-corrected chi connectivity index (χ1v) is 12.6. The van der Waals surface area contributed by atoms with Crippen molar-refractivity contribution in [2.45, 2.75) is 57.0 Å². The zero-order chi connectivity index (χ0) is 28.3. The molecule has 39 heavy (non-hydrogen) atoms. The Bertz CT molecular complexity index is 1300. The minimum Gasteiger partial charge on any atom is -0.348 e. The molecule has 14 heteroatoms. The van der Waals surface area contributed by atoms with Crippen LogP contribution in [0.15, 0.2) is 12.1 Å². The van der Waals surface area contributed by atoms with Crippen LogP contribution in [0.25, 0.3) is 0 Å². The summed E-state index contributed by atoms with van der Waals surface area (Å²) in [6.45, 7) is 1.22. The normalized spacial score (nSPS) is 19.8. The lowest BCUT2D eigenvalue weighted by Crippen LogP contribution is -2.65. The molecule has 2 fully saturated rings. The first kappa shape index (κ1) is 27.4. The van der Waals surface area contributed by atoms with Crippen LogP contribution in [0, 0.1) is 22.9 Å². The summed E-state index contributed by atoms with van der Waals surface area (Å²) < 4.78 is 82.7. The molecule has 1 aromatic heterocycles. The van der Waals surface area contributed by atoms with E-state index in [0.29, 0.717) is 12.1 Å². The fourth-order valence-electron chi connectivity index (χ4n) is 6.11. The lowest BCUT2D eigenvalue weighted by atomic mass is 9.61. The first-order chi connectivity index (χ1) is 18.2. The van der Waals surface area contributed by atoms with Crippen LogP contribution in [0.3, 0.4) is 0 Å². The quantitative estimate of drug-likeness (QED) is 0.420. The van der Waals surface area contributed by atoms with Gasteiger partial charge < -0.3 is 25.4 Å². The predicted molar refractivity (Wildman–Crippen MR) is 126 cm³/mol. The Morgan fingerprint density at radius 2 is 1.79 bits per heavy atom. The van der Waals surface area contributed by atoms with E-state index in [0.717, 1.165) is 30.5 Å². The largest absolute Gasteiger partial charge is 0.449 e. The fourth-order valence-corrected chi connectivity index (χ4v) is 6.11. The molecule has 0 radical (unpaired) electrons. The maximum atomic E-state index is 14.0. The number of hydrogen-bond donors (Lipinski definition) is 2. The van der Waals surface area contributed by atoms with E-state index in [1.165, 1.54) is 4.90 Å². The first-order valence-electron chi connectivity index (χ1n) is 12.6. The number of alkyl halides is 3. The Morgan fingerprint density at radius 3 is 2.44 bits per heavy atom. The van der Waals surface area contributed by atoms with Crippen molar-refractivity contribution in [3.63, 3.8) is 0 Å². The van der Waals surface area contributed by atoms with Crippen LogP contribution in [-0.2, 0) is 30.5 Å². The number of aromatic nitrogens is 2. The Morgan fingerprint density at radius 1 is 1.13 bits per heavy atom. The highest BCUT2D eigenvalue weighted by Crippen LogP contribution is 2.47. The van der Waals surface area contributed by atoms with Crippen molar-refractivity contribution in [3.05, 3.63) is 52.4 Å². The van der Waals surface area contributed by atoms with Gasteiger partial charge in [0.1, 0.15) is 5.82 Å². The fraction of sp³-hybridized carbons (Fsp3) is 0.560. The summed E-state index contributed by atoms with van der Waals surface area (Å²) >= 11 is 0. The minimum atomic E-state index is -4.80. The maximum absolute atomic E-state index is 14.0. The summed E-state index contributed by atoms with van der Waals surface area (Å²) in [5.41, 5.74) is 5.51. The van der Waals surface area contributed by atoms with Gasteiger partial charge in [-0.3, -0.25) is 9.59 Å². The molecule has 3 heterocycles. The number of nitrogens with zero attached hydrogens (tertiary/aromatic N) is 4. The van der Waals surface area contributed by atoms with Crippen LogP contribution in [0.5, 0.6) is 0 Å². The number of carbonyl (C=O) groups excluding carboxylic acids is 2. The molecule has 1 aliphatic carbocycles. The van der Waals surface area contributed by atoms with E-state index >= 15 is 0 Å². The molecule has 2 amide bonds. The van der Waals surface area contributed by atoms with Crippen molar-refractivity contribution < 1.29 is 35.9 Å². The molecule has 1 unspecified atom stereocenters. The third kappa shape index (κ3) is 5.36. The van der Waals surface area contributed by atoms with Crippen molar-refractivity contribution in [1.82, 2.24) is 24.7 Å². The average Bonchev–Trinajstić information content (AvgIpc) is 3.19. The Hall–Kier alpha value is -3.13. The van der Waals surface area contributed by atoms with E-state index in [1.807, 2.05) is 7.05 Å². The second-order valence-corrected chi connectivity index (χ2v) is 11.0. The number of halogens is 6. The lowest BCUT2D eigenvalue weighted by molar-refractivity contribution is -0.148. The number of fused-ring (bicyclic) bond motifs is 1. The number of likely N-dealkylation sites (tertiary alicyclic amines) is 1. The van der Waals surface area contributed by atoms with Gasteiger partial charge in [0.2, 0.25) is 11.7 Å². The summed E-state index contributed by atoms with van der Waals surface area (Å²) in [7, 11) is 1.99. The Labute approximate surface area is 220 Å². The Kier molecular flexibility index (Phi) is 6.90. The second kappa shape index (κ2) is 9.81. The molecule has 2 aromatic rings. The number of imidazole rings is 1. The van der Waals surface area contributed by atoms with Crippen LogP contribution in [0.1, 0.15) is 46.8 Å². The number of amides is 2. The summed E-state index contributed by atoms with van der Waals surface area (Å²) in [4.78, 5) is 33.0. The number of benzene rings is 1. The van der Waals surface area contributed by atoms with Gasteiger partial charge in [0.25, 0.3) is 5.91 Å². The summed E-state index contributed by atoms with van der Waals surface area (Å²) in [6.07, 6.45) is -3.89. The van der Waals surface area contributed by atoms with E-state index < -0.39 is 47.3 Å². The van der Waals surface area contributed by atoms with Gasteiger partial charge in [0.05, 0.1) is 12.2 Å². The van der Waals surface area contributed by atoms with Gasteiger partial charge in [0.15, 0.2) is 17.3 Å². The zero-order valence-corrected chi connectivity index (χ0v) is 21.1. The molecule has 212 valence electrons. The Balaban J connectivity index is 1.27. The van der Waals surface area contributed by atoms with Crippen LogP contribution >= 0.6 is 0 Å². The lowest BCUT2D eigenvalue weighted by Gasteiger charge is -2.58. The van der Waals surface area contributed by atoms with Gasteiger partial charge >= 0.3 is 6.18 Å². The molecule has 5 rings (SSSR count). The molecule has 8 nitrogen and oxygen atoms in total. The van der Waals surface area contributed by atoms with Gasteiger partial charge in [-0.25, -0.2) is 18.2 Å². The highest BCUT2D eigenvalue weighted by atomic mass is 19.4. The molecule has 1 aromatic carbocycles. The molecule has 2 aliphatic heterocycles. The van der Waals surface area contributed by atoms with Gasteiger partial charge in [-0.05, 0) is 43.4 Å². The molecule has 1 saturated heterocycles. The standard InChI is InChI=1S/C25H28F6N6O2/c1-35-11-24(12-35)8-15(9-24)33-22(39)21-19-10-36(2-3-37(19)23(34-21)25(29,30)31)20(38)6-14(32)4-13-5-17(27)18(28)7-16(13)26/h5,7,14-15H,2-4,6,8-12,32H2,1H3,(H,33,39). The highest BCUT2D eigenvalue weighted by Gasteiger charge is 2.51. The van der Waals surface area contributed by atoms with Crippen LogP contribution in [-0.4, -0.2) is 69.9 Å². The number of hydrogen-bond acceptors (Lipinski definition) is 5. The van der Waals surface area contributed by atoms with Gasteiger partial charge in [-0.2, -0.15) is 13.2 Å². The van der Waals surface area contributed by atoms with Crippen molar-refractivity contribution in [2.75, 3.05) is 26.7 Å². The molecular formula is C25H28F6N6O2. The van der Waals surface area contributed by atoms with Crippen molar-refractivity contribution in [2.24, 2.45) is 11.1 Å². The SMILES string of the molecule is CN1CC2(CC(NC(=O)c3nc(C(F)(F)F)n4c3CN(C(=O)CC(N)Cc3cc(F)c(F)cc3F)CC4)C2)C1. The monoisotopic (exact) mass is 558 g/mol. The summed E-state index contributed by atoms with van der Waals surface area (Å²) in [5, 5.41) is 2.79. The molecule has 0 bridgehead atoms. The van der Waals surface area contributed by atoms with Crippen LogP contribution in [0.4, 0.5) is 26.3 Å². The molecular weight excluding hydrogens is 530 g/mol. The second-order valence-electron chi connectivity index (χ2n) is 11.0. The number of carbonyl (C=O) groups is 2. The maximum Gasteiger partial charge on any atom is 0.449 e. The predicted octanol–water partition coefficient (Wildman–Crippen LogP) is 2.45. The zero-order valence-electron chi connectivity index (χ0n) is 21.1. The minimum absolute atomic E-state index is 0.0305. The topological polar surface area (TPSA) is 96.5 Å². The summed E-state index contributed by atoms with van der Waals surface area (Å²) in [6, 6.07) is -0.0581. The van der Waals surface area contributed by atoms with Crippen molar-refractivity contribution in [1.29, 1.82) is 0 Å². The van der Waals surface area contributed by atoms with Crippen molar-refractivity contribution >= 4 is 11.8 Å². The van der Waals surface area contributed by atoms with Crippen molar-refractivity contribution in [3.8, 4) is 0 Å². The van der Waals surface area contributed by atoms with Crippen LogP contribution in [0.2, 0.25) is 0 Å². The number of rotatable bonds is 6. The van der Waals surface area contributed by atoms with Gasteiger partial charge in [-0.1, -0.05) is 0 Å². The number of nitrogens with one attached hydrogen (secondary N) is 1. The average molecular weight is 559 g/mol. The molecule has 3 aliphatic rings. The van der Waals surface area contributed by atoms with Gasteiger partial charge in [-0.15, -0.1) is 0 Å². The molecule has 1 atom stereocenters. The molecule has 1 spiro atoms. The highest BCUT2D eigenvalue weighted by molar-refractivity contribution is 5.94. The van der Waals surface area contributed by atoms with E-state index in [9.17, 15) is 35.9 Å². The van der Waals surface area contributed by atoms with E-state index in [4.69, 9.17) is 5.73 Å².